The topological polar surface area (TPSA) is 102 Å². The van der Waals surface area contributed by atoms with Crippen molar-refractivity contribution in [1.82, 2.24) is 9.80 Å². The second-order valence-electron chi connectivity index (χ2n) is 6.36. The minimum absolute atomic E-state index is 0.00226. The van der Waals surface area contributed by atoms with Crippen molar-refractivity contribution in [2.24, 2.45) is 0 Å². The lowest BCUT2D eigenvalue weighted by Crippen LogP contribution is -2.58. The van der Waals surface area contributed by atoms with Gasteiger partial charge in [0.2, 0.25) is 0 Å². The number of rotatable bonds is 6. The van der Waals surface area contributed by atoms with Crippen LogP contribution in [0.3, 0.4) is 0 Å². The minimum atomic E-state index is -0.827. The second kappa shape index (κ2) is 8.83. The quantitative estimate of drug-likeness (QED) is 0.343. The van der Waals surface area contributed by atoms with E-state index in [1.807, 2.05) is 6.92 Å². The molecule has 0 bridgehead atoms. The van der Waals surface area contributed by atoms with Crippen LogP contribution in [0.2, 0.25) is 0 Å². The van der Waals surface area contributed by atoms with Gasteiger partial charge in [-0.3, -0.25) is 24.2 Å². The molecule has 2 aliphatic heterocycles. The van der Waals surface area contributed by atoms with Gasteiger partial charge < -0.3 is 14.2 Å². The van der Waals surface area contributed by atoms with Crippen LogP contribution < -0.4 is 0 Å². The van der Waals surface area contributed by atoms with E-state index in [0.717, 1.165) is 4.90 Å². The Kier molecular flexibility index (Phi) is 6.99. The number of carbonyl (C=O) groups excluding carboxylic acids is 4. The molecule has 150 valence electrons. The van der Waals surface area contributed by atoms with E-state index in [4.69, 9.17) is 14.2 Å². The molecule has 9 nitrogen and oxygen atoms in total. The third kappa shape index (κ3) is 4.67. The van der Waals surface area contributed by atoms with E-state index in [2.05, 4.69) is 22.5 Å². The van der Waals surface area contributed by atoms with Gasteiger partial charge in [-0.05, 0) is 6.42 Å². The van der Waals surface area contributed by atoms with Crippen LogP contribution in [-0.4, -0.2) is 76.6 Å². The first-order valence-corrected chi connectivity index (χ1v) is 9.49. The third-order valence-electron chi connectivity index (χ3n) is 4.16. The molecule has 0 aromatic rings. The lowest BCUT2D eigenvalue weighted by Gasteiger charge is -2.38. The summed E-state index contributed by atoms with van der Waals surface area (Å²) in [6.07, 6.45) is -1.75. The highest BCUT2D eigenvalue weighted by Crippen LogP contribution is 2.34. The van der Waals surface area contributed by atoms with Crippen molar-refractivity contribution in [3.8, 4) is 0 Å². The molecule has 0 N–H and O–H groups in total. The predicted octanol–water partition coefficient (Wildman–Crippen LogP) is 1.20. The van der Waals surface area contributed by atoms with Gasteiger partial charge in [-0.15, -0.1) is 0 Å². The van der Waals surface area contributed by atoms with Crippen molar-refractivity contribution in [3.63, 3.8) is 0 Å². The van der Waals surface area contributed by atoms with Gasteiger partial charge >= 0.3 is 18.0 Å². The van der Waals surface area contributed by atoms with Gasteiger partial charge in [-0.25, -0.2) is 4.79 Å². The Morgan fingerprint density at radius 1 is 1.30 bits per heavy atom. The van der Waals surface area contributed by atoms with Gasteiger partial charge in [0.25, 0.3) is 5.91 Å². The zero-order valence-electron chi connectivity index (χ0n) is 15.5. The summed E-state index contributed by atoms with van der Waals surface area (Å²) in [6, 6.07) is -0.501. The van der Waals surface area contributed by atoms with Crippen LogP contribution in [0.25, 0.3) is 0 Å². The molecule has 0 spiro atoms. The Balaban J connectivity index is 2.23. The number of halogens is 1. The van der Waals surface area contributed by atoms with Crippen LogP contribution in [0.5, 0.6) is 0 Å². The third-order valence-corrected chi connectivity index (χ3v) is 5.13. The number of hydrogen-bond donors (Lipinski definition) is 0. The molecule has 0 aromatic carbocycles. The number of nitrogens with zero attached hydrogens (tertiary/aromatic N) is 2. The van der Waals surface area contributed by atoms with Crippen molar-refractivity contribution in [1.29, 1.82) is 0 Å². The summed E-state index contributed by atoms with van der Waals surface area (Å²) in [5.41, 5.74) is 0.263. The van der Waals surface area contributed by atoms with Crippen molar-refractivity contribution in [3.05, 3.63) is 12.2 Å². The number of alkyl halides is 1. The number of amides is 3. The smallest absolute Gasteiger partial charge is 0.329 e. The average Bonchev–Trinajstić information content (AvgIpc) is 2.89. The monoisotopic (exact) mass is 446 g/mol. The highest BCUT2D eigenvalue weighted by molar-refractivity contribution is 9.09. The molecule has 2 fully saturated rings. The fourth-order valence-corrected chi connectivity index (χ4v) is 3.86. The van der Waals surface area contributed by atoms with Crippen molar-refractivity contribution in [2.45, 2.75) is 50.5 Å². The molecule has 2 rings (SSSR count). The van der Waals surface area contributed by atoms with Gasteiger partial charge in [-0.2, -0.15) is 0 Å². The van der Waals surface area contributed by atoms with E-state index in [0.29, 0.717) is 6.42 Å². The van der Waals surface area contributed by atoms with Gasteiger partial charge in [0.05, 0.1) is 11.4 Å². The molecule has 2 heterocycles. The first-order valence-electron chi connectivity index (χ1n) is 8.57. The molecule has 2 aliphatic rings. The summed E-state index contributed by atoms with van der Waals surface area (Å²) in [4.78, 5) is 49.5. The lowest BCUT2D eigenvalue weighted by atomic mass is 10.1. The molecule has 0 saturated carbocycles. The molecule has 10 heteroatoms. The second-order valence-corrected chi connectivity index (χ2v) is 7.41. The maximum Gasteiger partial charge on any atom is 0.329 e. The van der Waals surface area contributed by atoms with E-state index in [1.54, 1.807) is 0 Å². The zero-order chi connectivity index (χ0) is 20.3. The van der Waals surface area contributed by atoms with Crippen LogP contribution in [0, 0.1) is 0 Å². The fourth-order valence-electron chi connectivity index (χ4n) is 3.00. The Morgan fingerprint density at radius 2 is 1.96 bits per heavy atom. The number of carbonyl (C=O) groups is 4. The first kappa shape index (κ1) is 21.4. The summed E-state index contributed by atoms with van der Waals surface area (Å²) < 4.78 is 16.2. The molecular formula is C17H23BrN2O7. The van der Waals surface area contributed by atoms with Crippen LogP contribution in [-0.2, 0) is 28.6 Å². The van der Waals surface area contributed by atoms with Crippen molar-refractivity contribution in [2.75, 3.05) is 19.7 Å². The predicted molar refractivity (Wildman–Crippen MR) is 96.8 cm³/mol. The van der Waals surface area contributed by atoms with E-state index < -0.39 is 47.1 Å². The molecule has 0 unspecified atom stereocenters. The lowest BCUT2D eigenvalue weighted by molar-refractivity contribution is -0.156. The largest absolute Gasteiger partial charge is 0.463 e. The standard InChI is InChI=1S/C17H23BrN2O7/c1-5-6-19-15(23)9(2)7-20(17(19)24)16-13(18)14(26-11(4)22)12(27-16)8-25-10(3)21/h12-14,16H,2,5-8H2,1,3-4H3/t12-,13-,14-,16-/m0/s1. The SMILES string of the molecule is C=C1CN([C@H]2O[C@@H](COC(C)=O)[C@H](OC(C)=O)[C@@H]2Br)C(=O)N(CCC)C1=O. The number of imide groups is 1. The highest BCUT2D eigenvalue weighted by Gasteiger charge is 2.51. The van der Waals surface area contributed by atoms with Crippen LogP contribution in [0.4, 0.5) is 4.79 Å². The summed E-state index contributed by atoms with van der Waals surface area (Å²) in [7, 11) is 0. The fraction of sp³-hybridized carbons (Fsp3) is 0.647. The van der Waals surface area contributed by atoms with Crippen molar-refractivity contribution >= 4 is 39.8 Å². The van der Waals surface area contributed by atoms with Gasteiger partial charge in [-0.1, -0.05) is 29.4 Å². The van der Waals surface area contributed by atoms with Crippen LogP contribution in [0.15, 0.2) is 12.2 Å². The maximum absolute atomic E-state index is 12.8. The normalized spacial score (nSPS) is 28.5. The summed E-state index contributed by atoms with van der Waals surface area (Å²) >= 11 is 3.43. The zero-order valence-corrected chi connectivity index (χ0v) is 17.1. The number of hydrogen-bond acceptors (Lipinski definition) is 7. The first-order chi connectivity index (χ1) is 12.7. The number of ether oxygens (including phenoxy) is 3. The average molecular weight is 447 g/mol. The van der Waals surface area contributed by atoms with Gasteiger partial charge in [0.1, 0.15) is 18.8 Å². The molecule has 0 aliphatic carbocycles. The van der Waals surface area contributed by atoms with E-state index in [9.17, 15) is 19.2 Å². The Bertz CT molecular complexity index is 653. The van der Waals surface area contributed by atoms with E-state index in [1.165, 1.54) is 18.7 Å². The molecule has 27 heavy (non-hydrogen) atoms. The van der Waals surface area contributed by atoms with Crippen LogP contribution >= 0.6 is 15.9 Å². The molecule has 4 atom stereocenters. The van der Waals surface area contributed by atoms with E-state index >= 15 is 0 Å². The maximum atomic E-state index is 12.8. The highest BCUT2D eigenvalue weighted by atomic mass is 79.9. The molecule has 3 amide bonds. The molecule has 0 radical (unpaired) electrons. The van der Waals surface area contributed by atoms with Crippen LogP contribution in [0.1, 0.15) is 27.2 Å². The van der Waals surface area contributed by atoms with E-state index in [-0.39, 0.29) is 25.3 Å². The minimum Gasteiger partial charge on any atom is -0.463 e. The van der Waals surface area contributed by atoms with Gasteiger partial charge in [0.15, 0.2) is 6.23 Å². The molecular weight excluding hydrogens is 424 g/mol. The Labute approximate surface area is 165 Å². The van der Waals surface area contributed by atoms with Crippen molar-refractivity contribution < 1.29 is 33.4 Å². The molecule has 0 aromatic heterocycles. The summed E-state index contributed by atoms with van der Waals surface area (Å²) in [5, 5.41) is 0. The summed E-state index contributed by atoms with van der Waals surface area (Å²) in [5.74, 6) is -1.44. The van der Waals surface area contributed by atoms with Gasteiger partial charge in [0, 0.05) is 26.0 Å². The Hall–Kier alpha value is -1.94. The molecule has 2 saturated heterocycles. The number of esters is 2. The number of urea groups is 1. The summed E-state index contributed by atoms with van der Waals surface area (Å²) in [6.45, 7) is 8.24. The Morgan fingerprint density at radius 3 is 2.52 bits per heavy atom.